The Hall–Kier alpha value is -0.740. The number of nitrogens with two attached hydrogens (primary N) is 1. The largest absolute Gasteiger partial charge is 0.328 e. The summed E-state index contributed by atoms with van der Waals surface area (Å²) in [4.78, 5) is 17.2. The van der Waals surface area contributed by atoms with Crippen LogP contribution in [0.25, 0.3) is 0 Å². The molecule has 1 aliphatic carbocycles. The van der Waals surface area contributed by atoms with Crippen LogP contribution >= 0.6 is 11.3 Å². The molecular formula is C12H18N2OS. The molecule has 88 valence electrons. The van der Waals surface area contributed by atoms with Crippen molar-refractivity contribution in [3.05, 3.63) is 16.1 Å². The van der Waals surface area contributed by atoms with E-state index in [2.05, 4.69) is 4.98 Å². The molecule has 1 saturated carbocycles. The first-order valence-electron chi connectivity index (χ1n) is 5.86. The normalized spacial score (nSPS) is 25.6. The van der Waals surface area contributed by atoms with E-state index in [-0.39, 0.29) is 5.78 Å². The average Bonchev–Trinajstić information content (AvgIpc) is 2.68. The van der Waals surface area contributed by atoms with Crippen LogP contribution in [0.1, 0.15) is 46.8 Å². The first kappa shape index (κ1) is 11.7. The Morgan fingerprint density at radius 2 is 2.19 bits per heavy atom. The van der Waals surface area contributed by atoms with Crippen molar-refractivity contribution in [2.45, 2.75) is 45.1 Å². The van der Waals surface area contributed by atoms with Crippen molar-refractivity contribution in [2.24, 2.45) is 11.7 Å². The van der Waals surface area contributed by atoms with Crippen molar-refractivity contribution in [2.75, 3.05) is 0 Å². The highest BCUT2D eigenvalue weighted by Gasteiger charge is 2.22. The van der Waals surface area contributed by atoms with Crippen LogP contribution in [0, 0.1) is 12.8 Å². The fraction of sp³-hybridized carbons (Fsp3) is 0.667. The van der Waals surface area contributed by atoms with Gasteiger partial charge in [0.2, 0.25) is 0 Å². The minimum absolute atomic E-state index is 0.207. The van der Waals surface area contributed by atoms with E-state index in [4.69, 9.17) is 5.73 Å². The van der Waals surface area contributed by atoms with Gasteiger partial charge in [0.15, 0.2) is 10.8 Å². The third-order valence-corrected chi connectivity index (χ3v) is 4.18. The molecule has 1 heterocycles. The van der Waals surface area contributed by atoms with Gasteiger partial charge in [-0.1, -0.05) is 0 Å². The molecule has 0 spiro atoms. The van der Waals surface area contributed by atoms with Gasteiger partial charge in [0.1, 0.15) is 0 Å². The topological polar surface area (TPSA) is 56.0 Å². The summed E-state index contributed by atoms with van der Waals surface area (Å²) >= 11 is 1.50. The Bertz CT molecular complexity index is 367. The molecular weight excluding hydrogens is 220 g/mol. The van der Waals surface area contributed by atoms with Crippen molar-refractivity contribution in [3.63, 3.8) is 0 Å². The third-order valence-electron chi connectivity index (χ3n) is 3.23. The van der Waals surface area contributed by atoms with Crippen molar-refractivity contribution in [1.29, 1.82) is 0 Å². The smallest absolute Gasteiger partial charge is 0.191 e. The molecule has 16 heavy (non-hydrogen) atoms. The second-order valence-electron chi connectivity index (χ2n) is 4.68. The van der Waals surface area contributed by atoms with Gasteiger partial charge in [-0.25, -0.2) is 4.98 Å². The second kappa shape index (κ2) is 5.06. The summed E-state index contributed by atoms with van der Waals surface area (Å²) < 4.78 is 0. The molecule has 0 aromatic carbocycles. The average molecular weight is 238 g/mol. The zero-order valence-corrected chi connectivity index (χ0v) is 10.4. The van der Waals surface area contributed by atoms with Gasteiger partial charge in [-0.15, -0.1) is 11.3 Å². The van der Waals surface area contributed by atoms with E-state index in [1.165, 1.54) is 11.3 Å². The van der Waals surface area contributed by atoms with Crippen molar-refractivity contribution in [1.82, 2.24) is 4.98 Å². The lowest BCUT2D eigenvalue weighted by Gasteiger charge is -2.25. The van der Waals surface area contributed by atoms with Gasteiger partial charge in [-0.3, -0.25) is 4.79 Å². The molecule has 1 fully saturated rings. The third kappa shape index (κ3) is 2.89. The van der Waals surface area contributed by atoms with Crippen LogP contribution in [0.15, 0.2) is 6.20 Å². The number of ketones is 1. The van der Waals surface area contributed by atoms with Gasteiger partial charge in [-0.05, 0) is 38.5 Å². The Labute approximate surface area is 100 Å². The van der Waals surface area contributed by atoms with Crippen LogP contribution in [0.2, 0.25) is 0 Å². The van der Waals surface area contributed by atoms with Crippen LogP contribution in [-0.2, 0) is 0 Å². The number of carbonyl (C=O) groups is 1. The number of aryl methyl sites for hydroxylation is 1. The lowest BCUT2D eigenvalue weighted by atomic mass is 9.83. The summed E-state index contributed by atoms with van der Waals surface area (Å²) in [5, 5.41) is 0.673. The molecule has 1 aliphatic rings. The van der Waals surface area contributed by atoms with Gasteiger partial charge in [-0.2, -0.15) is 0 Å². The number of nitrogens with zero attached hydrogens (tertiary/aromatic N) is 1. The number of hydrogen-bond donors (Lipinski definition) is 1. The highest BCUT2D eigenvalue weighted by atomic mass is 32.1. The molecule has 0 bridgehead atoms. The summed E-state index contributed by atoms with van der Waals surface area (Å²) in [5.41, 5.74) is 5.85. The lowest BCUT2D eigenvalue weighted by Crippen LogP contribution is -2.27. The Balaban J connectivity index is 1.88. The van der Waals surface area contributed by atoms with E-state index < -0.39 is 0 Å². The number of carbonyl (C=O) groups excluding carboxylic acids is 1. The van der Waals surface area contributed by atoms with E-state index in [1.54, 1.807) is 6.20 Å². The highest BCUT2D eigenvalue weighted by Crippen LogP contribution is 2.27. The van der Waals surface area contributed by atoms with Crippen LogP contribution in [0.4, 0.5) is 0 Å². The maximum atomic E-state index is 11.9. The molecule has 0 atom stereocenters. The lowest BCUT2D eigenvalue weighted by molar-refractivity contribution is 0.0947. The summed E-state index contributed by atoms with van der Waals surface area (Å²) in [6, 6.07) is 0.355. The molecule has 4 heteroatoms. The standard InChI is InChI=1S/C12H18N2OS/c1-8-7-14-12(16-8)11(15)6-9-2-4-10(13)5-3-9/h7,9-10H,2-6,13H2,1H3. The molecule has 2 N–H and O–H groups in total. The number of hydrogen-bond acceptors (Lipinski definition) is 4. The molecule has 2 rings (SSSR count). The molecule has 0 unspecified atom stereocenters. The summed E-state index contributed by atoms with van der Waals surface area (Å²) in [6.07, 6.45) is 6.74. The summed E-state index contributed by atoms with van der Waals surface area (Å²) in [5.74, 6) is 0.732. The van der Waals surface area contributed by atoms with Gasteiger partial charge in [0.25, 0.3) is 0 Å². The van der Waals surface area contributed by atoms with Crippen molar-refractivity contribution >= 4 is 17.1 Å². The Kier molecular flexibility index (Phi) is 3.71. The highest BCUT2D eigenvalue weighted by molar-refractivity contribution is 7.13. The van der Waals surface area contributed by atoms with Gasteiger partial charge in [0, 0.05) is 23.5 Å². The van der Waals surface area contributed by atoms with Crippen molar-refractivity contribution < 1.29 is 4.79 Å². The predicted octanol–water partition coefficient (Wildman–Crippen LogP) is 2.54. The molecule has 0 radical (unpaired) electrons. The zero-order valence-electron chi connectivity index (χ0n) is 9.61. The van der Waals surface area contributed by atoms with Crippen LogP contribution < -0.4 is 5.73 Å². The monoisotopic (exact) mass is 238 g/mol. The van der Waals surface area contributed by atoms with Crippen LogP contribution in [0.3, 0.4) is 0 Å². The molecule has 0 saturated heterocycles. The first-order chi connectivity index (χ1) is 7.65. The zero-order chi connectivity index (χ0) is 11.5. The minimum Gasteiger partial charge on any atom is -0.328 e. The van der Waals surface area contributed by atoms with E-state index in [0.29, 0.717) is 23.4 Å². The van der Waals surface area contributed by atoms with Gasteiger partial charge < -0.3 is 5.73 Å². The number of thiazole rings is 1. The van der Waals surface area contributed by atoms with E-state index in [0.717, 1.165) is 30.6 Å². The predicted molar refractivity (Wildman–Crippen MR) is 65.7 cm³/mol. The van der Waals surface area contributed by atoms with Gasteiger partial charge in [0.05, 0.1) is 0 Å². The molecule has 1 aromatic rings. The fourth-order valence-corrected chi connectivity index (χ4v) is 2.94. The first-order valence-corrected chi connectivity index (χ1v) is 6.68. The number of Topliss-reactive ketones (excluding diaryl/α,β-unsaturated/α-hetero) is 1. The molecule has 0 aliphatic heterocycles. The fourth-order valence-electron chi connectivity index (χ4n) is 2.23. The minimum atomic E-state index is 0.207. The molecule has 1 aromatic heterocycles. The van der Waals surface area contributed by atoms with E-state index in [9.17, 15) is 4.79 Å². The molecule has 0 amide bonds. The quantitative estimate of drug-likeness (QED) is 0.823. The Morgan fingerprint density at radius 1 is 1.50 bits per heavy atom. The maximum absolute atomic E-state index is 11.9. The summed E-state index contributed by atoms with van der Waals surface area (Å²) in [6.45, 7) is 1.98. The van der Waals surface area contributed by atoms with Crippen molar-refractivity contribution in [3.8, 4) is 0 Å². The SMILES string of the molecule is Cc1cnc(C(=O)CC2CCC(N)CC2)s1. The second-order valence-corrected chi connectivity index (χ2v) is 5.92. The van der Waals surface area contributed by atoms with E-state index >= 15 is 0 Å². The van der Waals surface area contributed by atoms with E-state index in [1.807, 2.05) is 6.92 Å². The van der Waals surface area contributed by atoms with Crippen LogP contribution in [0.5, 0.6) is 0 Å². The van der Waals surface area contributed by atoms with Crippen LogP contribution in [-0.4, -0.2) is 16.8 Å². The van der Waals surface area contributed by atoms with Gasteiger partial charge >= 0.3 is 0 Å². The maximum Gasteiger partial charge on any atom is 0.191 e. The Morgan fingerprint density at radius 3 is 2.75 bits per heavy atom. The molecule has 3 nitrogen and oxygen atoms in total. The number of rotatable bonds is 3. The number of aromatic nitrogens is 1. The summed E-state index contributed by atoms with van der Waals surface area (Å²) in [7, 11) is 0.